The van der Waals surface area contributed by atoms with E-state index in [1.165, 1.54) is 12.7 Å². The Kier molecular flexibility index (Phi) is 3.76. The van der Waals surface area contributed by atoms with Crippen molar-refractivity contribution in [3.05, 3.63) is 35.4 Å². The summed E-state index contributed by atoms with van der Waals surface area (Å²) in [5, 5.41) is 12.2. The van der Waals surface area contributed by atoms with Crippen LogP contribution in [0, 0.1) is 0 Å². The van der Waals surface area contributed by atoms with Crippen molar-refractivity contribution < 1.29 is 14.6 Å². The van der Waals surface area contributed by atoms with Crippen LogP contribution >= 0.6 is 0 Å². The molecule has 0 saturated carbocycles. The second-order valence-electron chi connectivity index (χ2n) is 4.31. The minimum Gasteiger partial charge on any atom is -0.389 e. The number of hydrogen-bond acceptors (Lipinski definition) is 3. The molecule has 1 aromatic carbocycles. The monoisotopic (exact) mass is 235 g/mol. The largest absolute Gasteiger partial charge is 0.389 e. The number of methoxy groups -OCH3 is 1. The first-order valence-corrected chi connectivity index (χ1v) is 5.75. The summed E-state index contributed by atoms with van der Waals surface area (Å²) in [6, 6.07) is 7.95. The lowest BCUT2D eigenvalue weighted by Crippen LogP contribution is -2.40. The molecule has 2 N–H and O–H groups in total. The standard InChI is InChI=1S/C13H17NO3/c1-17-8-10(15)7-14-13(16)12-6-9-4-2-3-5-11(9)12/h2-5,10,12,15H,6-8H2,1H3,(H,14,16). The van der Waals surface area contributed by atoms with Gasteiger partial charge in [-0.2, -0.15) is 0 Å². The second-order valence-corrected chi connectivity index (χ2v) is 4.31. The van der Waals surface area contributed by atoms with Crippen LogP contribution in [0.1, 0.15) is 17.0 Å². The van der Waals surface area contributed by atoms with Gasteiger partial charge in [0.1, 0.15) is 0 Å². The second kappa shape index (κ2) is 5.29. The lowest BCUT2D eigenvalue weighted by Gasteiger charge is -2.29. The molecule has 0 aliphatic heterocycles. The summed E-state index contributed by atoms with van der Waals surface area (Å²) in [5.41, 5.74) is 2.34. The van der Waals surface area contributed by atoms with E-state index in [-0.39, 0.29) is 25.0 Å². The van der Waals surface area contributed by atoms with Gasteiger partial charge >= 0.3 is 0 Å². The van der Waals surface area contributed by atoms with E-state index in [1.807, 2.05) is 24.3 Å². The normalized spacial score (nSPS) is 19.1. The molecule has 0 radical (unpaired) electrons. The van der Waals surface area contributed by atoms with Gasteiger partial charge in [0, 0.05) is 13.7 Å². The van der Waals surface area contributed by atoms with Crippen LogP contribution in [0.15, 0.2) is 24.3 Å². The van der Waals surface area contributed by atoms with Crippen LogP contribution in [0.2, 0.25) is 0 Å². The van der Waals surface area contributed by atoms with Crippen molar-refractivity contribution in [1.29, 1.82) is 0 Å². The lowest BCUT2D eigenvalue weighted by atomic mass is 9.77. The van der Waals surface area contributed by atoms with E-state index in [2.05, 4.69) is 5.32 Å². The number of carbonyl (C=O) groups is 1. The van der Waals surface area contributed by atoms with Gasteiger partial charge in [-0.3, -0.25) is 4.79 Å². The van der Waals surface area contributed by atoms with Gasteiger partial charge < -0.3 is 15.2 Å². The molecule has 0 heterocycles. The van der Waals surface area contributed by atoms with Gasteiger partial charge in [-0.25, -0.2) is 0 Å². The van der Waals surface area contributed by atoms with Gasteiger partial charge in [-0.05, 0) is 17.5 Å². The van der Waals surface area contributed by atoms with Crippen molar-refractivity contribution in [2.45, 2.75) is 18.4 Å². The van der Waals surface area contributed by atoms with Gasteiger partial charge in [0.15, 0.2) is 0 Å². The molecule has 2 atom stereocenters. The molecule has 1 aliphatic carbocycles. The van der Waals surface area contributed by atoms with Crippen LogP contribution in [-0.2, 0) is 16.0 Å². The van der Waals surface area contributed by atoms with Crippen molar-refractivity contribution in [2.24, 2.45) is 0 Å². The maximum Gasteiger partial charge on any atom is 0.227 e. The highest BCUT2D eigenvalue weighted by molar-refractivity contribution is 5.86. The Bertz CT molecular complexity index is 405. The van der Waals surface area contributed by atoms with Gasteiger partial charge in [0.2, 0.25) is 5.91 Å². The lowest BCUT2D eigenvalue weighted by molar-refractivity contribution is -0.123. The summed E-state index contributed by atoms with van der Waals surface area (Å²) in [6.45, 7) is 0.479. The fraction of sp³-hybridized carbons (Fsp3) is 0.462. The predicted molar refractivity (Wildman–Crippen MR) is 63.8 cm³/mol. The van der Waals surface area contributed by atoms with Crippen LogP contribution in [-0.4, -0.2) is 37.4 Å². The molecule has 1 amide bonds. The van der Waals surface area contributed by atoms with Crippen molar-refractivity contribution in [1.82, 2.24) is 5.32 Å². The highest BCUT2D eigenvalue weighted by atomic mass is 16.5. The van der Waals surface area contributed by atoms with Crippen LogP contribution in [0.25, 0.3) is 0 Å². The van der Waals surface area contributed by atoms with Gasteiger partial charge in [0.25, 0.3) is 0 Å². The Morgan fingerprint density at radius 1 is 1.59 bits per heavy atom. The number of amides is 1. The first kappa shape index (κ1) is 12.1. The minimum atomic E-state index is -0.640. The third-order valence-corrected chi connectivity index (χ3v) is 3.04. The van der Waals surface area contributed by atoms with Crippen molar-refractivity contribution >= 4 is 5.91 Å². The van der Waals surface area contributed by atoms with Crippen molar-refractivity contribution in [3.63, 3.8) is 0 Å². The Morgan fingerprint density at radius 2 is 2.35 bits per heavy atom. The van der Waals surface area contributed by atoms with E-state index in [4.69, 9.17) is 4.74 Å². The van der Waals surface area contributed by atoms with Crippen molar-refractivity contribution in [2.75, 3.05) is 20.3 Å². The summed E-state index contributed by atoms with van der Waals surface area (Å²) in [6.07, 6.45) is 0.154. The maximum absolute atomic E-state index is 11.8. The van der Waals surface area contributed by atoms with Crippen LogP contribution < -0.4 is 5.32 Å². The average molecular weight is 235 g/mol. The number of rotatable bonds is 5. The van der Waals surface area contributed by atoms with E-state index in [1.54, 1.807) is 0 Å². The number of ether oxygens (including phenoxy) is 1. The van der Waals surface area contributed by atoms with E-state index in [9.17, 15) is 9.90 Å². The third-order valence-electron chi connectivity index (χ3n) is 3.04. The molecule has 4 nitrogen and oxygen atoms in total. The molecule has 0 bridgehead atoms. The number of carbonyl (C=O) groups excluding carboxylic acids is 1. The highest BCUT2D eigenvalue weighted by Gasteiger charge is 2.31. The molecule has 17 heavy (non-hydrogen) atoms. The summed E-state index contributed by atoms with van der Waals surface area (Å²) >= 11 is 0. The third kappa shape index (κ3) is 2.65. The van der Waals surface area contributed by atoms with Crippen molar-refractivity contribution in [3.8, 4) is 0 Å². The van der Waals surface area contributed by atoms with E-state index in [0.29, 0.717) is 0 Å². The molecule has 0 saturated heterocycles. The Hall–Kier alpha value is -1.39. The zero-order valence-electron chi connectivity index (χ0n) is 9.85. The van der Waals surface area contributed by atoms with E-state index >= 15 is 0 Å². The fourth-order valence-electron chi connectivity index (χ4n) is 2.09. The summed E-state index contributed by atoms with van der Waals surface area (Å²) in [5.74, 6) is -0.0696. The molecule has 2 unspecified atom stereocenters. The van der Waals surface area contributed by atoms with Gasteiger partial charge in [-0.1, -0.05) is 24.3 Å². The molecule has 0 aromatic heterocycles. The highest BCUT2D eigenvalue weighted by Crippen LogP contribution is 2.34. The molecule has 2 rings (SSSR count). The molecular formula is C13H17NO3. The Labute approximate surface area is 101 Å². The molecular weight excluding hydrogens is 218 g/mol. The van der Waals surface area contributed by atoms with Crippen LogP contribution in [0.5, 0.6) is 0 Å². The molecule has 92 valence electrons. The number of aliphatic hydroxyl groups is 1. The Morgan fingerprint density at radius 3 is 3.06 bits per heavy atom. The topological polar surface area (TPSA) is 58.6 Å². The number of nitrogens with one attached hydrogen (secondary N) is 1. The van der Waals surface area contributed by atoms with Gasteiger partial charge in [0.05, 0.1) is 18.6 Å². The average Bonchev–Trinajstić information content (AvgIpc) is 2.28. The molecule has 4 heteroatoms. The smallest absolute Gasteiger partial charge is 0.227 e. The summed E-state index contributed by atoms with van der Waals surface area (Å²) < 4.78 is 4.79. The molecule has 0 spiro atoms. The predicted octanol–water partition coefficient (Wildman–Crippen LogP) is 0.450. The number of benzene rings is 1. The first-order valence-electron chi connectivity index (χ1n) is 5.75. The molecule has 1 aromatic rings. The first-order chi connectivity index (χ1) is 8.22. The quantitative estimate of drug-likeness (QED) is 0.779. The summed E-state index contributed by atoms with van der Waals surface area (Å²) in [4.78, 5) is 11.8. The zero-order chi connectivity index (χ0) is 12.3. The fourth-order valence-corrected chi connectivity index (χ4v) is 2.09. The maximum atomic E-state index is 11.8. The number of aliphatic hydroxyl groups excluding tert-OH is 1. The van der Waals surface area contributed by atoms with E-state index in [0.717, 1.165) is 12.0 Å². The minimum absolute atomic E-state index is 0.0150. The SMILES string of the molecule is COCC(O)CNC(=O)C1Cc2ccccc21. The molecule has 0 fully saturated rings. The number of fused-ring (bicyclic) bond motifs is 1. The summed E-state index contributed by atoms with van der Waals surface area (Å²) in [7, 11) is 1.52. The number of hydrogen-bond donors (Lipinski definition) is 2. The molecule has 1 aliphatic rings. The zero-order valence-corrected chi connectivity index (χ0v) is 9.85. The van der Waals surface area contributed by atoms with Crippen LogP contribution in [0.3, 0.4) is 0 Å². The van der Waals surface area contributed by atoms with Gasteiger partial charge in [-0.15, -0.1) is 0 Å². The van der Waals surface area contributed by atoms with Crippen LogP contribution in [0.4, 0.5) is 0 Å². The Balaban J connectivity index is 1.83. The van der Waals surface area contributed by atoms with E-state index < -0.39 is 6.10 Å².